The van der Waals surface area contributed by atoms with Crippen LogP contribution in [-0.4, -0.2) is 43.7 Å². The maximum atomic E-state index is 12.6. The molecule has 0 bridgehead atoms. The van der Waals surface area contributed by atoms with Crippen LogP contribution in [0.2, 0.25) is 0 Å². The number of carbonyl (C=O) groups is 1. The van der Waals surface area contributed by atoms with E-state index in [-0.39, 0.29) is 18.5 Å². The molecule has 1 amide bonds. The van der Waals surface area contributed by atoms with Crippen molar-refractivity contribution in [3.8, 4) is 0 Å². The Balaban J connectivity index is 1.33. The topological polar surface area (TPSA) is 53.6 Å². The quantitative estimate of drug-likeness (QED) is 0.587. The molecule has 0 unspecified atom stereocenters. The average Bonchev–Trinajstić information content (AvgIpc) is 2.83. The van der Waals surface area contributed by atoms with E-state index in [9.17, 15) is 4.79 Å². The largest absolute Gasteiger partial charge is 0.379 e. The van der Waals surface area contributed by atoms with Crippen LogP contribution in [0.1, 0.15) is 22.7 Å². The molecular formula is C26H29N3O2. The fourth-order valence-electron chi connectivity index (χ4n) is 3.83. The highest BCUT2D eigenvalue weighted by molar-refractivity contribution is 5.92. The molecule has 1 aliphatic heterocycles. The summed E-state index contributed by atoms with van der Waals surface area (Å²) in [5, 5.41) is 6.40. The van der Waals surface area contributed by atoms with Gasteiger partial charge in [-0.2, -0.15) is 0 Å². The molecule has 5 nitrogen and oxygen atoms in total. The van der Waals surface area contributed by atoms with Crippen molar-refractivity contribution >= 4 is 11.6 Å². The lowest BCUT2D eigenvalue weighted by molar-refractivity contribution is -0.115. The van der Waals surface area contributed by atoms with Crippen LogP contribution in [0, 0.1) is 0 Å². The van der Waals surface area contributed by atoms with Gasteiger partial charge in [0.15, 0.2) is 0 Å². The maximum Gasteiger partial charge on any atom is 0.238 e. The first-order valence-corrected chi connectivity index (χ1v) is 10.8. The minimum absolute atomic E-state index is 0.0379. The minimum Gasteiger partial charge on any atom is -0.379 e. The van der Waals surface area contributed by atoms with E-state index in [4.69, 9.17) is 4.74 Å². The molecule has 0 spiro atoms. The zero-order valence-electron chi connectivity index (χ0n) is 17.7. The molecule has 4 rings (SSSR count). The maximum absolute atomic E-state index is 12.6. The minimum atomic E-state index is -0.0576. The fraction of sp³-hybridized carbons (Fsp3) is 0.269. The molecule has 5 heteroatoms. The van der Waals surface area contributed by atoms with Gasteiger partial charge in [-0.15, -0.1) is 0 Å². The summed E-state index contributed by atoms with van der Waals surface area (Å²) in [4.78, 5) is 15.0. The number of rotatable bonds is 8. The Morgan fingerprint density at radius 2 is 1.42 bits per heavy atom. The zero-order valence-corrected chi connectivity index (χ0v) is 17.7. The SMILES string of the molecule is O=C(CNC(c1ccccc1)c1ccccc1)Nc1ccc(CN2CCOCC2)cc1. The summed E-state index contributed by atoms with van der Waals surface area (Å²) >= 11 is 0. The molecule has 0 aromatic heterocycles. The summed E-state index contributed by atoms with van der Waals surface area (Å²) in [5.74, 6) is -0.0576. The van der Waals surface area contributed by atoms with Crippen molar-refractivity contribution in [1.82, 2.24) is 10.2 Å². The van der Waals surface area contributed by atoms with Crippen molar-refractivity contribution in [2.75, 3.05) is 38.2 Å². The Morgan fingerprint density at radius 1 is 0.839 bits per heavy atom. The molecule has 1 fully saturated rings. The summed E-state index contributed by atoms with van der Waals surface area (Å²) in [6.07, 6.45) is 0. The van der Waals surface area contributed by atoms with E-state index in [0.717, 1.165) is 49.7 Å². The zero-order chi connectivity index (χ0) is 21.3. The van der Waals surface area contributed by atoms with Gasteiger partial charge in [0.05, 0.1) is 25.8 Å². The molecule has 1 saturated heterocycles. The summed E-state index contributed by atoms with van der Waals surface area (Å²) in [6.45, 7) is 4.67. The van der Waals surface area contributed by atoms with Crippen molar-refractivity contribution in [1.29, 1.82) is 0 Å². The van der Waals surface area contributed by atoms with Gasteiger partial charge in [0.2, 0.25) is 5.91 Å². The fourth-order valence-corrected chi connectivity index (χ4v) is 3.83. The van der Waals surface area contributed by atoms with E-state index in [0.29, 0.717) is 0 Å². The first-order chi connectivity index (χ1) is 15.3. The lowest BCUT2D eigenvalue weighted by atomic mass is 9.99. The normalized spacial score (nSPS) is 14.5. The Bertz CT molecular complexity index is 900. The number of amides is 1. The van der Waals surface area contributed by atoms with Crippen molar-refractivity contribution in [2.45, 2.75) is 12.6 Å². The molecule has 3 aromatic carbocycles. The van der Waals surface area contributed by atoms with Crippen LogP contribution in [0.3, 0.4) is 0 Å². The van der Waals surface area contributed by atoms with E-state index >= 15 is 0 Å². The third kappa shape index (κ3) is 6.25. The first-order valence-electron chi connectivity index (χ1n) is 10.8. The van der Waals surface area contributed by atoms with Crippen molar-refractivity contribution in [3.63, 3.8) is 0 Å². The highest BCUT2D eigenvalue weighted by Gasteiger charge is 2.15. The lowest BCUT2D eigenvalue weighted by Crippen LogP contribution is -2.35. The second kappa shape index (κ2) is 10.9. The number of nitrogens with one attached hydrogen (secondary N) is 2. The van der Waals surface area contributed by atoms with Gasteiger partial charge in [0.25, 0.3) is 0 Å². The van der Waals surface area contributed by atoms with Gasteiger partial charge in [-0.3, -0.25) is 15.0 Å². The second-order valence-electron chi connectivity index (χ2n) is 7.77. The van der Waals surface area contributed by atoms with Crippen LogP contribution in [0.15, 0.2) is 84.9 Å². The number of hydrogen-bond donors (Lipinski definition) is 2. The number of carbonyl (C=O) groups excluding carboxylic acids is 1. The van der Waals surface area contributed by atoms with Gasteiger partial charge in [-0.1, -0.05) is 72.8 Å². The van der Waals surface area contributed by atoms with Gasteiger partial charge >= 0.3 is 0 Å². The number of morpholine rings is 1. The standard InChI is InChI=1S/C26H29N3O2/c30-25(28-24-13-11-21(12-14-24)20-29-15-17-31-18-16-29)19-27-26(22-7-3-1-4-8-22)23-9-5-2-6-10-23/h1-14,26-27H,15-20H2,(H,28,30). The van der Waals surface area contributed by atoms with Gasteiger partial charge in [-0.05, 0) is 28.8 Å². The highest BCUT2D eigenvalue weighted by Crippen LogP contribution is 2.21. The first kappa shape index (κ1) is 21.2. The van der Waals surface area contributed by atoms with Crippen molar-refractivity contribution < 1.29 is 9.53 Å². The molecule has 0 saturated carbocycles. The van der Waals surface area contributed by atoms with Crippen LogP contribution in [0.25, 0.3) is 0 Å². The van der Waals surface area contributed by atoms with Crippen LogP contribution in [0.5, 0.6) is 0 Å². The third-order valence-corrected chi connectivity index (χ3v) is 5.48. The van der Waals surface area contributed by atoms with Gasteiger partial charge < -0.3 is 10.1 Å². The Morgan fingerprint density at radius 3 is 2.00 bits per heavy atom. The van der Waals surface area contributed by atoms with Gasteiger partial charge in [-0.25, -0.2) is 0 Å². The number of nitrogens with zero attached hydrogens (tertiary/aromatic N) is 1. The molecule has 1 heterocycles. The summed E-state index contributed by atoms with van der Waals surface area (Å²) in [6, 6.07) is 28.5. The van der Waals surface area contributed by atoms with E-state index in [1.54, 1.807) is 0 Å². The Kier molecular flexibility index (Phi) is 7.45. The van der Waals surface area contributed by atoms with Crippen molar-refractivity contribution in [3.05, 3.63) is 102 Å². The van der Waals surface area contributed by atoms with E-state index in [1.165, 1.54) is 5.56 Å². The molecule has 0 aliphatic carbocycles. The monoisotopic (exact) mass is 415 g/mol. The van der Waals surface area contributed by atoms with E-state index < -0.39 is 0 Å². The molecule has 160 valence electrons. The summed E-state index contributed by atoms with van der Waals surface area (Å²) in [5.41, 5.74) is 4.32. The molecular weight excluding hydrogens is 386 g/mol. The Labute approximate surface area is 184 Å². The molecule has 31 heavy (non-hydrogen) atoms. The molecule has 2 N–H and O–H groups in total. The summed E-state index contributed by atoms with van der Waals surface area (Å²) in [7, 11) is 0. The molecule has 0 atom stereocenters. The van der Waals surface area contributed by atoms with Crippen LogP contribution in [-0.2, 0) is 16.1 Å². The lowest BCUT2D eigenvalue weighted by Gasteiger charge is -2.26. The highest BCUT2D eigenvalue weighted by atomic mass is 16.5. The van der Waals surface area contributed by atoms with Crippen LogP contribution in [0.4, 0.5) is 5.69 Å². The van der Waals surface area contributed by atoms with Crippen LogP contribution >= 0.6 is 0 Å². The molecule has 1 aliphatic rings. The van der Waals surface area contributed by atoms with Gasteiger partial charge in [0.1, 0.15) is 0 Å². The van der Waals surface area contributed by atoms with Gasteiger partial charge in [0, 0.05) is 25.3 Å². The predicted octanol–water partition coefficient (Wildman–Crippen LogP) is 3.84. The number of ether oxygens (including phenoxy) is 1. The summed E-state index contributed by atoms with van der Waals surface area (Å²) < 4.78 is 5.40. The smallest absolute Gasteiger partial charge is 0.238 e. The number of benzene rings is 3. The Hall–Kier alpha value is -2.99. The molecule has 3 aromatic rings. The predicted molar refractivity (Wildman–Crippen MR) is 124 cm³/mol. The molecule has 0 radical (unpaired) electrons. The van der Waals surface area contributed by atoms with Crippen molar-refractivity contribution in [2.24, 2.45) is 0 Å². The van der Waals surface area contributed by atoms with E-state index in [2.05, 4.69) is 51.9 Å². The number of anilines is 1. The van der Waals surface area contributed by atoms with Crippen LogP contribution < -0.4 is 10.6 Å². The third-order valence-electron chi connectivity index (χ3n) is 5.48. The number of hydrogen-bond acceptors (Lipinski definition) is 4. The average molecular weight is 416 g/mol. The second-order valence-corrected chi connectivity index (χ2v) is 7.77. The van der Waals surface area contributed by atoms with E-state index in [1.807, 2.05) is 48.5 Å².